The molecular formula is C12H24O3. The third-order valence-electron chi connectivity index (χ3n) is 1.46. The normalized spacial score (nSPS) is 15.9. The van der Waals surface area contributed by atoms with Crippen LogP contribution in [0.2, 0.25) is 0 Å². The highest BCUT2D eigenvalue weighted by atomic mass is 16.5. The fourth-order valence-electron chi connectivity index (χ4n) is 0.943. The van der Waals surface area contributed by atoms with Crippen molar-refractivity contribution in [2.24, 2.45) is 0 Å². The summed E-state index contributed by atoms with van der Waals surface area (Å²) in [6.45, 7) is 11.5. The van der Waals surface area contributed by atoms with Crippen molar-refractivity contribution in [2.75, 3.05) is 19.8 Å². The van der Waals surface area contributed by atoms with Crippen molar-refractivity contribution < 1.29 is 14.3 Å². The van der Waals surface area contributed by atoms with Crippen LogP contribution < -0.4 is 0 Å². The van der Waals surface area contributed by atoms with E-state index in [1.165, 1.54) is 6.08 Å². The van der Waals surface area contributed by atoms with Gasteiger partial charge >= 0.3 is 5.97 Å². The third kappa shape index (κ3) is 9.47. The molecule has 90 valence electrons. The smallest absolute Gasteiger partial charge is 0.330 e. The highest BCUT2D eigenvalue weighted by Crippen LogP contribution is 2.10. The molecule has 0 spiro atoms. The second-order valence-electron chi connectivity index (χ2n) is 2.36. The van der Waals surface area contributed by atoms with Crippen LogP contribution in [0.15, 0.2) is 11.6 Å². The highest BCUT2D eigenvalue weighted by molar-refractivity contribution is 5.82. The van der Waals surface area contributed by atoms with Crippen molar-refractivity contribution in [1.29, 1.82) is 0 Å². The van der Waals surface area contributed by atoms with Gasteiger partial charge in [0, 0.05) is 6.08 Å². The first-order valence-corrected chi connectivity index (χ1v) is 5.77. The molecule has 15 heavy (non-hydrogen) atoms. The predicted octanol–water partition coefficient (Wildman–Crippen LogP) is 2.95. The van der Waals surface area contributed by atoms with Crippen LogP contribution in [0, 0.1) is 0 Å². The van der Waals surface area contributed by atoms with E-state index in [1.807, 2.05) is 27.7 Å². The van der Waals surface area contributed by atoms with Crippen molar-refractivity contribution in [1.82, 2.24) is 0 Å². The van der Waals surface area contributed by atoms with Gasteiger partial charge in [0.15, 0.2) is 0 Å². The molecule has 0 amide bonds. The first-order valence-electron chi connectivity index (χ1n) is 5.77. The van der Waals surface area contributed by atoms with E-state index < -0.39 is 0 Å². The van der Waals surface area contributed by atoms with Gasteiger partial charge in [-0.2, -0.15) is 0 Å². The number of ether oxygens (including phenoxy) is 2. The maximum Gasteiger partial charge on any atom is 0.330 e. The van der Waals surface area contributed by atoms with Crippen LogP contribution in [0.5, 0.6) is 0 Å². The van der Waals surface area contributed by atoms with Gasteiger partial charge in [-0.1, -0.05) is 27.7 Å². The lowest BCUT2D eigenvalue weighted by molar-refractivity contribution is -0.137. The molecule has 1 saturated heterocycles. The van der Waals surface area contributed by atoms with Crippen molar-refractivity contribution in [3.8, 4) is 0 Å². The molecule has 0 unspecified atom stereocenters. The number of hydrogen-bond donors (Lipinski definition) is 0. The lowest BCUT2D eigenvalue weighted by atomic mass is 10.2. The van der Waals surface area contributed by atoms with Crippen LogP contribution in [-0.2, 0) is 14.3 Å². The van der Waals surface area contributed by atoms with Crippen molar-refractivity contribution in [2.45, 2.75) is 41.0 Å². The van der Waals surface area contributed by atoms with Gasteiger partial charge in [-0.25, -0.2) is 4.79 Å². The van der Waals surface area contributed by atoms with Crippen LogP contribution in [0.1, 0.15) is 41.0 Å². The molecule has 0 N–H and O–H groups in total. The van der Waals surface area contributed by atoms with Crippen molar-refractivity contribution >= 4 is 5.97 Å². The Morgan fingerprint density at radius 1 is 1.40 bits per heavy atom. The minimum absolute atomic E-state index is 0.256. The molecule has 0 aromatic carbocycles. The molecule has 0 radical (unpaired) electrons. The molecule has 1 aliphatic heterocycles. The fraction of sp³-hybridized carbons (Fsp3) is 0.750. The van der Waals surface area contributed by atoms with Gasteiger partial charge in [0.1, 0.15) is 0 Å². The zero-order valence-corrected chi connectivity index (χ0v) is 10.6. The Kier molecular flexibility index (Phi) is 14.6. The minimum Gasteiger partial charge on any atom is -0.463 e. The molecule has 0 atom stereocenters. The Morgan fingerprint density at radius 3 is 2.40 bits per heavy atom. The summed E-state index contributed by atoms with van der Waals surface area (Å²) in [5, 5.41) is 0. The first kappa shape index (κ1) is 16.6. The Morgan fingerprint density at radius 2 is 2.00 bits per heavy atom. The summed E-state index contributed by atoms with van der Waals surface area (Å²) in [6.07, 6.45) is 2.38. The molecule has 0 bridgehead atoms. The van der Waals surface area contributed by atoms with Gasteiger partial charge in [-0.05, 0) is 18.9 Å². The molecule has 1 fully saturated rings. The summed E-state index contributed by atoms with van der Waals surface area (Å²) in [6, 6.07) is 0. The number of hydrogen-bond acceptors (Lipinski definition) is 3. The zero-order valence-electron chi connectivity index (χ0n) is 10.6. The maximum atomic E-state index is 10.8. The highest BCUT2D eigenvalue weighted by Gasteiger charge is 2.08. The van der Waals surface area contributed by atoms with Crippen LogP contribution in [0.25, 0.3) is 0 Å². The van der Waals surface area contributed by atoms with Gasteiger partial charge in [0.05, 0.1) is 19.8 Å². The van der Waals surface area contributed by atoms with Gasteiger partial charge in [-0.3, -0.25) is 0 Å². The van der Waals surface area contributed by atoms with E-state index in [0.717, 1.165) is 18.6 Å². The predicted molar refractivity (Wildman–Crippen MR) is 62.8 cm³/mol. The van der Waals surface area contributed by atoms with Crippen molar-refractivity contribution in [3.63, 3.8) is 0 Å². The van der Waals surface area contributed by atoms with Crippen LogP contribution >= 0.6 is 0 Å². The summed E-state index contributed by atoms with van der Waals surface area (Å²) in [5.74, 6) is -0.256. The van der Waals surface area contributed by atoms with Gasteiger partial charge < -0.3 is 9.47 Å². The maximum absolute atomic E-state index is 10.8. The number of esters is 1. The topological polar surface area (TPSA) is 35.5 Å². The van der Waals surface area contributed by atoms with E-state index in [4.69, 9.17) is 9.47 Å². The van der Waals surface area contributed by atoms with E-state index in [-0.39, 0.29) is 5.97 Å². The number of carbonyl (C=O) groups is 1. The van der Waals surface area contributed by atoms with Crippen LogP contribution in [0.3, 0.4) is 0 Å². The number of carbonyl (C=O) groups excluding carboxylic acids is 1. The second-order valence-corrected chi connectivity index (χ2v) is 2.36. The Balaban J connectivity index is 0. The standard InChI is InChI=1S/C8H12O3.2C2H6/c1-2-11-8(9)5-7-3-4-10-6-7;2*1-2/h5H,2-4,6H2,1H3;2*1-2H3/b7-5-;;. The molecule has 1 rings (SSSR count). The SMILES string of the molecule is CC.CC.CCOC(=O)/C=C1/CCOC1. The third-order valence-corrected chi connectivity index (χ3v) is 1.46. The summed E-state index contributed by atoms with van der Waals surface area (Å²) in [7, 11) is 0. The summed E-state index contributed by atoms with van der Waals surface area (Å²) >= 11 is 0. The minimum atomic E-state index is -0.256. The summed E-state index contributed by atoms with van der Waals surface area (Å²) < 4.78 is 9.79. The molecule has 1 heterocycles. The zero-order chi connectivity index (χ0) is 12.1. The Hall–Kier alpha value is -0.830. The molecule has 0 aromatic rings. The summed E-state index contributed by atoms with van der Waals surface area (Å²) in [4.78, 5) is 10.8. The van der Waals surface area contributed by atoms with E-state index in [0.29, 0.717) is 13.2 Å². The van der Waals surface area contributed by atoms with Crippen LogP contribution in [0.4, 0.5) is 0 Å². The second kappa shape index (κ2) is 13.2. The van der Waals surface area contributed by atoms with Gasteiger partial charge in [-0.15, -0.1) is 0 Å². The molecule has 3 heteroatoms. The quantitative estimate of drug-likeness (QED) is 0.526. The van der Waals surface area contributed by atoms with E-state index in [9.17, 15) is 4.79 Å². The van der Waals surface area contributed by atoms with E-state index in [1.54, 1.807) is 6.92 Å². The fourth-order valence-corrected chi connectivity index (χ4v) is 0.943. The lowest BCUT2D eigenvalue weighted by Crippen LogP contribution is -2.01. The average molecular weight is 216 g/mol. The molecular weight excluding hydrogens is 192 g/mol. The van der Waals surface area contributed by atoms with E-state index in [2.05, 4.69) is 0 Å². The molecule has 0 aromatic heterocycles. The first-order chi connectivity index (χ1) is 7.33. The summed E-state index contributed by atoms with van der Waals surface area (Å²) in [5.41, 5.74) is 1.03. The van der Waals surface area contributed by atoms with Crippen LogP contribution in [-0.4, -0.2) is 25.8 Å². The van der Waals surface area contributed by atoms with Gasteiger partial charge in [0.25, 0.3) is 0 Å². The average Bonchev–Trinajstić information content (AvgIpc) is 2.77. The van der Waals surface area contributed by atoms with Gasteiger partial charge in [0.2, 0.25) is 0 Å². The monoisotopic (exact) mass is 216 g/mol. The largest absolute Gasteiger partial charge is 0.463 e. The number of rotatable bonds is 2. The molecule has 3 nitrogen and oxygen atoms in total. The van der Waals surface area contributed by atoms with E-state index >= 15 is 0 Å². The molecule has 0 saturated carbocycles. The van der Waals surface area contributed by atoms with Crippen molar-refractivity contribution in [3.05, 3.63) is 11.6 Å². The molecule has 1 aliphatic rings. The Bertz CT molecular complexity index is 166. The Labute approximate surface area is 93.5 Å². The lowest BCUT2D eigenvalue weighted by Gasteiger charge is -1.95. The molecule has 0 aliphatic carbocycles.